The van der Waals surface area contributed by atoms with Crippen molar-refractivity contribution in [3.8, 4) is 11.5 Å². The van der Waals surface area contributed by atoms with E-state index in [1.807, 2.05) is 19.1 Å². The van der Waals surface area contributed by atoms with Crippen molar-refractivity contribution in [3.05, 3.63) is 22.7 Å². The zero-order chi connectivity index (χ0) is 15.0. The lowest BCUT2D eigenvalue weighted by Crippen LogP contribution is -2.17. The van der Waals surface area contributed by atoms with Gasteiger partial charge in [0.25, 0.3) is 0 Å². The van der Waals surface area contributed by atoms with Gasteiger partial charge in [0.1, 0.15) is 0 Å². The van der Waals surface area contributed by atoms with Crippen molar-refractivity contribution in [2.24, 2.45) is 5.73 Å². The van der Waals surface area contributed by atoms with Gasteiger partial charge in [0, 0.05) is 19.8 Å². The van der Waals surface area contributed by atoms with Crippen LogP contribution in [0.2, 0.25) is 5.02 Å². The minimum Gasteiger partial charge on any atom is -0.493 e. The molecule has 4 nitrogen and oxygen atoms in total. The number of hydrogen-bond donors (Lipinski definition) is 1. The number of ether oxygens (including phenoxy) is 3. The molecule has 0 aliphatic rings. The molecule has 0 heterocycles. The smallest absolute Gasteiger partial charge is 0.179 e. The van der Waals surface area contributed by atoms with E-state index in [-0.39, 0.29) is 6.04 Å². The molecule has 1 aromatic carbocycles. The van der Waals surface area contributed by atoms with Crippen LogP contribution in [0.4, 0.5) is 0 Å². The van der Waals surface area contributed by atoms with E-state index in [9.17, 15) is 0 Å². The minimum absolute atomic E-state index is 0.0802. The topological polar surface area (TPSA) is 53.7 Å². The Kier molecular flexibility index (Phi) is 7.73. The quantitative estimate of drug-likeness (QED) is 0.712. The lowest BCUT2D eigenvalue weighted by Gasteiger charge is -2.15. The minimum atomic E-state index is 0.0802. The van der Waals surface area contributed by atoms with Crippen molar-refractivity contribution in [2.75, 3.05) is 27.4 Å². The molecule has 0 aromatic heterocycles. The molecule has 0 saturated heterocycles. The molecule has 20 heavy (non-hydrogen) atoms. The van der Waals surface area contributed by atoms with Crippen LogP contribution in [0.5, 0.6) is 11.5 Å². The van der Waals surface area contributed by atoms with Crippen LogP contribution in [0.25, 0.3) is 0 Å². The van der Waals surface area contributed by atoms with E-state index in [4.69, 9.17) is 31.5 Å². The second-order valence-electron chi connectivity index (χ2n) is 4.84. The highest BCUT2D eigenvalue weighted by molar-refractivity contribution is 6.32. The fourth-order valence-corrected chi connectivity index (χ4v) is 2.21. The Hall–Kier alpha value is -0.970. The van der Waals surface area contributed by atoms with Crippen LogP contribution < -0.4 is 15.2 Å². The molecule has 5 heteroatoms. The van der Waals surface area contributed by atoms with E-state index >= 15 is 0 Å². The van der Waals surface area contributed by atoms with Gasteiger partial charge in [-0.1, -0.05) is 11.6 Å². The normalized spacial score (nSPS) is 12.2. The Balaban J connectivity index is 2.69. The third-order valence-electron chi connectivity index (χ3n) is 2.84. The van der Waals surface area contributed by atoms with Crippen LogP contribution in [0.1, 0.15) is 25.3 Å². The van der Waals surface area contributed by atoms with Crippen LogP contribution in [0, 0.1) is 0 Å². The third-order valence-corrected chi connectivity index (χ3v) is 3.12. The predicted octanol–water partition coefficient (Wildman–Crippen LogP) is 3.04. The first kappa shape index (κ1) is 17.1. The van der Waals surface area contributed by atoms with Crippen molar-refractivity contribution in [3.63, 3.8) is 0 Å². The Morgan fingerprint density at radius 1 is 1.20 bits per heavy atom. The summed E-state index contributed by atoms with van der Waals surface area (Å²) in [5.74, 6) is 1.25. The third kappa shape index (κ3) is 5.57. The highest BCUT2D eigenvalue weighted by atomic mass is 35.5. The standard InChI is InChI=1S/C15H24ClNO3/c1-11(17)8-12-9-13(16)15(14(10-12)19-3)20-7-5-4-6-18-2/h9-11H,4-8,17H2,1-3H3. The maximum Gasteiger partial charge on any atom is 0.179 e. The highest BCUT2D eigenvalue weighted by Crippen LogP contribution is 2.36. The van der Waals surface area contributed by atoms with Crippen molar-refractivity contribution < 1.29 is 14.2 Å². The Labute approximate surface area is 126 Å². The van der Waals surface area contributed by atoms with E-state index < -0.39 is 0 Å². The second-order valence-corrected chi connectivity index (χ2v) is 5.25. The van der Waals surface area contributed by atoms with Crippen LogP contribution in [-0.2, 0) is 11.2 Å². The Morgan fingerprint density at radius 3 is 2.50 bits per heavy atom. The zero-order valence-corrected chi connectivity index (χ0v) is 13.2. The van der Waals surface area contributed by atoms with Crippen molar-refractivity contribution in [1.29, 1.82) is 0 Å². The summed E-state index contributed by atoms with van der Waals surface area (Å²) in [6.45, 7) is 3.29. The van der Waals surface area contributed by atoms with Crippen molar-refractivity contribution in [2.45, 2.75) is 32.2 Å². The number of halogens is 1. The molecule has 0 saturated carbocycles. The molecule has 2 N–H and O–H groups in total. The largest absolute Gasteiger partial charge is 0.493 e. The van der Waals surface area contributed by atoms with Crippen molar-refractivity contribution >= 4 is 11.6 Å². The van der Waals surface area contributed by atoms with Crippen LogP contribution in [0.15, 0.2) is 12.1 Å². The van der Waals surface area contributed by atoms with E-state index in [0.717, 1.165) is 31.4 Å². The molecular weight excluding hydrogens is 278 g/mol. The van der Waals surface area contributed by atoms with Gasteiger partial charge < -0.3 is 19.9 Å². The molecule has 0 fully saturated rings. The molecule has 1 atom stereocenters. The summed E-state index contributed by atoms with van der Waals surface area (Å²) in [4.78, 5) is 0. The summed E-state index contributed by atoms with van der Waals surface area (Å²) < 4.78 is 16.1. The molecular formula is C15H24ClNO3. The first-order chi connectivity index (χ1) is 9.58. The lowest BCUT2D eigenvalue weighted by molar-refractivity contribution is 0.183. The molecule has 0 aliphatic heterocycles. The van der Waals surface area contributed by atoms with Gasteiger partial charge in [0.15, 0.2) is 11.5 Å². The summed E-state index contributed by atoms with van der Waals surface area (Å²) in [7, 11) is 3.30. The molecule has 0 bridgehead atoms. The van der Waals surface area contributed by atoms with Crippen LogP contribution >= 0.6 is 11.6 Å². The van der Waals surface area contributed by atoms with Gasteiger partial charge in [-0.05, 0) is 43.9 Å². The Bertz CT molecular complexity index is 410. The van der Waals surface area contributed by atoms with Gasteiger partial charge in [0.2, 0.25) is 0 Å². The predicted molar refractivity (Wildman–Crippen MR) is 82.0 cm³/mol. The maximum atomic E-state index is 6.27. The molecule has 114 valence electrons. The van der Waals surface area contributed by atoms with Crippen LogP contribution in [0.3, 0.4) is 0 Å². The summed E-state index contributed by atoms with van der Waals surface area (Å²) in [6.07, 6.45) is 2.62. The van der Waals surface area contributed by atoms with Gasteiger partial charge in [-0.15, -0.1) is 0 Å². The maximum absolute atomic E-state index is 6.27. The number of hydrogen-bond acceptors (Lipinski definition) is 4. The molecule has 0 aliphatic carbocycles. The van der Waals surface area contributed by atoms with Gasteiger partial charge in [-0.25, -0.2) is 0 Å². The van der Waals surface area contributed by atoms with Gasteiger partial charge in [-0.3, -0.25) is 0 Å². The van der Waals surface area contributed by atoms with E-state index in [0.29, 0.717) is 23.1 Å². The average molecular weight is 302 g/mol. The van der Waals surface area contributed by atoms with E-state index in [2.05, 4.69) is 0 Å². The number of methoxy groups -OCH3 is 2. The molecule has 1 unspecified atom stereocenters. The number of unbranched alkanes of at least 4 members (excludes halogenated alkanes) is 1. The number of rotatable bonds is 9. The van der Waals surface area contributed by atoms with E-state index in [1.54, 1.807) is 14.2 Å². The molecule has 1 rings (SSSR count). The summed E-state index contributed by atoms with van der Waals surface area (Å²) in [5, 5.41) is 0.562. The summed E-state index contributed by atoms with van der Waals surface area (Å²) in [5.41, 5.74) is 6.85. The summed E-state index contributed by atoms with van der Waals surface area (Å²) in [6, 6.07) is 3.90. The molecule has 1 aromatic rings. The lowest BCUT2D eigenvalue weighted by atomic mass is 10.1. The van der Waals surface area contributed by atoms with Gasteiger partial charge in [-0.2, -0.15) is 0 Å². The average Bonchev–Trinajstić information content (AvgIpc) is 2.39. The fraction of sp³-hybridized carbons (Fsp3) is 0.600. The fourth-order valence-electron chi connectivity index (χ4n) is 1.93. The summed E-state index contributed by atoms with van der Waals surface area (Å²) >= 11 is 6.27. The van der Waals surface area contributed by atoms with Crippen molar-refractivity contribution in [1.82, 2.24) is 0 Å². The second kappa shape index (κ2) is 9.06. The first-order valence-electron chi connectivity index (χ1n) is 6.82. The van der Waals surface area contributed by atoms with Crippen LogP contribution in [-0.4, -0.2) is 33.5 Å². The monoisotopic (exact) mass is 301 g/mol. The van der Waals surface area contributed by atoms with Gasteiger partial charge in [0.05, 0.1) is 18.7 Å². The zero-order valence-electron chi connectivity index (χ0n) is 12.4. The SMILES string of the molecule is COCCCCOc1c(Cl)cc(CC(C)N)cc1OC. The first-order valence-corrected chi connectivity index (χ1v) is 7.20. The Morgan fingerprint density at radius 2 is 1.90 bits per heavy atom. The van der Waals surface area contributed by atoms with Gasteiger partial charge >= 0.3 is 0 Å². The molecule has 0 radical (unpaired) electrons. The van der Waals surface area contributed by atoms with E-state index in [1.165, 1.54) is 0 Å². The molecule has 0 amide bonds. The number of benzene rings is 1. The number of nitrogens with two attached hydrogens (primary N) is 1. The molecule has 0 spiro atoms. The highest BCUT2D eigenvalue weighted by Gasteiger charge is 2.12.